The van der Waals surface area contributed by atoms with Gasteiger partial charge < -0.3 is 26.4 Å². The molecule has 1 rings (SSSR count). The Morgan fingerprint density at radius 2 is 1.48 bits per heavy atom. The number of primary amides is 1. The molecule has 11 nitrogen and oxygen atoms in total. The summed E-state index contributed by atoms with van der Waals surface area (Å²) in [4.78, 5) is 72.1. The number of amides is 4. The van der Waals surface area contributed by atoms with Gasteiger partial charge in [0.1, 0.15) is 17.9 Å². The molecule has 1 fully saturated rings. The van der Waals surface area contributed by atoms with Gasteiger partial charge in [-0.15, -0.1) is 0 Å². The maximum absolute atomic E-state index is 12.7. The summed E-state index contributed by atoms with van der Waals surface area (Å²) in [5, 5.41) is 7.79. The molecule has 3 atom stereocenters. The van der Waals surface area contributed by atoms with Crippen molar-refractivity contribution in [2.45, 2.75) is 141 Å². The predicted octanol–water partition coefficient (Wildman–Crippen LogP) is 2.72. The van der Waals surface area contributed by atoms with Crippen LogP contribution >= 0.6 is 0 Å². The summed E-state index contributed by atoms with van der Waals surface area (Å²) in [5.74, 6) is -2.96. The van der Waals surface area contributed by atoms with Gasteiger partial charge in [-0.05, 0) is 19.8 Å². The number of carbonyl (C=O) groups is 6. The van der Waals surface area contributed by atoms with E-state index in [1.807, 2.05) is 0 Å². The molecule has 0 spiro atoms. The first kappa shape index (κ1) is 35.0. The van der Waals surface area contributed by atoms with Crippen LogP contribution < -0.4 is 21.7 Å². The van der Waals surface area contributed by atoms with E-state index in [0.29, 0.717) is 12.8 Å². The first-order chi connectivity index (χ1) is 19.1. The molecule has 0 aromatic heterocycles. The summed E-state index contributed by atoms with van der Waals surface area (Å²) in [5.41, 5.74) is 5.28. The Morgan fingerprint density at radius 1 is 0.875 bits per heavy atom. The zero-order chi connectivity index (χ0) is 29.8. The molecule has 1 aliphatic heterocycles. The monoisotopic (exact) mass is 566 g/mol. The first-order valence-corrected chi connectivity index (χ1v) is 15.0. The molecule has 0 aromatic carbocycles. The van der Waals surface area contributed by atoms with Gasteiger partial charge in [0.05, 0.1) is 19.4 Å². The maximum atomic E-state index is 12.7. The molecule has 228 valence electrons. The van der Waals surface area contributed by atoms with E-state index in [-0.39, 0.29) is 50.4 Å². The molecule has 0 unspecified atom stereocenters. The second kappa shape index (κ2) is 20.9. The summed E-state index contributed by atoms with van der Waals surface area (Å²) < 4.78 is 4.77. The topological polar surface area (TPSA) is 174 Å². The molecule has 0 aliphatic carbocycles. The van der Waals surface area contributed by atoms with E-state index < -0.39 is 41.8 Å². The Bertz CT molecular complexity index is 833. The van der Waals surface area contributed by atoms with Gasteiger partial charge >= 0.3 is 5.97 Å². The lowest BCUT2D eigenvalue weighted by atomic mass is 10.0. The van der Waals surface area contributed by atoms with Gasteiger partial charge in [-0.1, -0.05) is 71.1 Å². The van der Waals surface area contributed by atoms with Crippen molar-refractivity contribution < 1.29 is 33.5 Å². The normalized spacial score (nSPS) is 16.1. The van der Waals surface area contributed by atoms with Gasteiger partial charge in [-0.25, -0.2) is 4.79 Å². The van der Waals surface area contributed by atoms with E-state index >= 15 is 0 Å². The Labute approximate surface area is 238 Å². The number of hydrogen-bond acceptors (Lipinski definition) is 7. The molecule has 1 aliphatic rings. The molecule has 0 saturated carbocycles. The fraction of sp³-hybridized carbons (Fsp3) is 0.793. The van der Waals surface area contributed by atoms with Crippen LogP contribution in [0.2, 0.25) is 0 Å². The van der Waals surface area contributed by atoms with Crippen molar-refractivity contribution in [3.63, 3.8) is 0 Å². The maximum Gasteiger partial charge on any atom is 0.328 e. The smallest absolute Gasteiger partial charge is 0.328 e. The van der Waals surface area contributed by atoms with E-state index in [2.05, 4.69) is 22.9 Å². The molecule has 5 N–H and O–H groups in total. The number of rotatable bonds is 23. The molecule has 11 heteroatoms. The van der Waals surface area contributed by atoms with Crippen LogP contribution in [-0.2, 0) is 33.5 Å². The lowest BCUT2D eigenvalue weighted by Crippen LogP contribution is -2.50. The summed E-state index contributed by atoms with van der Waals surface area (Å²) in [6, 6.07) is -2.25. The van der Waals surface area contributed by atoms with Crippen LogP contribution in [0.5, 0.6) is 0 Å². The van der Waals surface area contributed by atoms with Gasteiger partial charge in [0.15, 0.2) is 0 Å². The molecule has 0 bridgehead atoms. The highest BCUT2D eigenvalue weighted by atomic mass is 16.5. The number of nitrogens with one attached hydrogen (secondary N) is 3. The minimum atomic E-state index is -1.09. The highest BCUT2D eigenvalue weighted by molar-refractivity contribution is 5.99. The average Bonchev–Trinajstić information content (AvgIpc) is 3.29. The van der Waals surface area contributed by atoms with Gasteiger partial charge in [0, 0.05) is 25.3 Å². The minimum absolute atomic E-state index is 0.0374. The van der Waals surface area contributed by atoms with Gasteiger partial charge in [-0.3, -0.25) is 24.0 Å². The van der Waals surface area contributed by atoms with E-state index in [0.717, 1.165) is 19.3 Å². The summed E-state index contributed by atoms with van der Waals surface area (Å²) in [7, 11) is 0. The van der Waals surface area contributed by atoms with Crippen molar-refractivity contribution >= 4 is 35.4 Å². The molecule has 4 amide bonds. The third-order valence-electron chi connectivity index (χ3n) is 6.94. The van der Waals surface area contributed by atoms with E-state index in [4.69, 9.17) is 10.5 Å². The van der Waals surface area contributed by atoms with Crippen molar-refractivity contribution in [2.75, 3.05) is 6.61 Å². The van der Waals surface area contributed by atoms with Crippen LogP contribution in [-0.4, -0.2) is 60.1 Å². The predicted molar refractivity (Wildman–Crippen MR) is 151 cm³/mol. The van der Waals surface area contributed by atoms with Gasteiger partial charge in [-0.2, -0.15) is 0 Å². The fourth-order valence-electron chi connectivity index (χ4n) is 4.56. The summed E-state index contributed by atoms with van der Waals surface area (Å²) in [6.07, 6.45) is 13.1. The lowest BCUT2D eigenvalue weighted by Gasteiger charge is -2.20. The molecule has 0 aromatic rings. The van der Waals surface area contributed by atoms with Crippen molar-refractivity contribution in [2.24, 2.45) is 5.73 Å². The molecular formula is C29H50N4O7. The van der Waals surface area contributed by atoms with Crippen LogP contribution in [0.4, 0.5) is 0 Å². The number of hydrogen-bond donors (Lipinski definition) is 4. The number of nitrogens with two attached hydrogens (primary N) is 1. The first-order valence-electron chi connectivity index (χ1n) is 15.0. The SMILES string of the molecule is CCCCCCCCCCCCCC(=O)N[C@H](CC(N)=O)C(=O)N[C@@H](C)CCC(=O)CC(=O)N[C@H]1CCOC1=O. The minimum Gasteiger partial charge on any atom is -0.464 e. The molecular weight excluding hydrogens is 516 g/mol. The van der Waals surface area contributed by atoms with E-state index in [1.165, 1.54) is 44.9 Å². The number of cyclic esters (lactones) is 1. The number of ether oxygens (including phenoxy) is 1. The van der Waals surface area contributed by atoms with Crippen molar-refractivity contribution in [3.8, 4) is 0 Å². The summed E-state index contributed by atoms with van der Waals surface area (Å²) >= 11 is 0. The summed E-state index contributed by atoms with van der Waals surface area (Å²) in [6.45, 7) is 4.15. The number of unbranched alkanes of at least 4 members (excludes halogenated alkanes) is 10. The largest absolute Gasteiger partial charge is 0.464 e. The van der Waals surface area contributed by atoms with Gasteiger partial charge in [0.2, 0.25) is 23.6 Å². The average molecular weight is 567 g/mol. The third kappa shape index (κ3) is 16.9. The second-order valence-electron chi connectivity index (χ2n) is 10.8. The van der Waals surface area contributed by atoms with Crippen molar-refractivity contribution in [3.05, 3.63) is 0 Å². The highest BCUT2D eigenvalue weighted by Crippen LogP contribution is 2.12. The van der Waals surface area contributed by atoms with Crippen molar-refractivity contribution in [1.82, 2.24) is 16.0 Å². The number of esters is 1. The Kier molecular flexibility index (Phi) is 18.3. The quantitative estimate of drug-likeness (QED) is 0.0835. The van der Waals surface area contributed by atoms with Crippen LogP contribution in [0, 0.1) is 0 Å². The standard InChI is InChI=1S/C29H50N4O7/c1-3-4-5-6-7-8-9-10-11-12-13-14-26(36)33-24(20-25(30)35)28(38)31-21(2)15-16-22(34)19-27(37)32-23-17-18-40-29(23)39/h21,23-24H,3-20H2,1-2H3,(H2,30,35)(H,31,38)(H,32,37)(H,33,36)/t21-,23-,24+/m0/s1. The molecule has 1 heterocycles. The van der Waals surface area contributed by atoms with Crippen LogP contribution in [0.25, 0.3) is 0 Å². The lowest BCUT2D eigenvalue weighted by molar-refractivity contribution is -0.142. The Morgan fingerprint density at radius 3 is 2.02 bits per heavy atom. The van der Waals surface area contributed by atoms with E-state index in [1.54, 1.807) is 6.92 Å². The van der Waals surface area contributed by atoms with Gasteiger partial charge in [0.25, 0.3) is 0 Å². The Hall–Kier alpha value is -2.98. The zero-order valence-electron chi connectivity index (χ0n) is 24.4. The third-order valence-corrected chi connectivity index (χ3v) is 6.94. The zero-order valence-corrected chi connectivity index (χ0v) is 24.4. The number of carbonyl (C=O) groups excluding carboxylic acids is 6. The molecule has 1 saturated heterocycles. The molecule has 40 heavy (non-hydrogen) atoms. The number of ketones is 1. The van der Waals surface area contributed by atoms with Crippen LogP contribution in [0.3, 0.4) is 0 Å². The fourth-order valence-corrected chi connectivity index (χ4v) is 4.56. The second-order valence-corrected chi connectivity index (χ2v) is 10.8. The van der Waals surface area contributed by atoms with Crippen LogP contribution in [0.1, 0.15) is 123 Å². The van der Waals surface area contributed by atoms with E-state index in [9.17, 15) is 28.8 Å². The Balaban J connectivity index is 2.27. The highest BCUT2D eigenvalue weighted by Gasteiger charge is 2.28. The number of Topliss-reactive ketones (excluding diaryl/α,β-unsaturated/α-hetero) is 1. The van der Waals surface area contributed by atoms with Crippen molar-refractivity contribution in [1.29, 1.82) is 0 Å². The van der Waals surface area contributed by atoms with Crippen LogP contribution in [0.15, 0.2) is 0 Å². The molecule has 0 radical (unpaired) electrons.